The van der Waals surface area contributed by atoms with E-state index in [2.05, 4.69) is 24.3 Å². The molecule has 0 spiro atoms. The quantitative estimate of drug-likeness (QED) is 0.763. The molecular formula is C19H25N3O3. The van der Waals surface area contributed by atoms with E-state index in [9.17, 15) is 9.59 Å². The summed E-state index contributed by atoms with van der Waals surface area (Å²) in [4.78, 5) is 23.4. The van der Waals surface area contributed by atoms with Crippen molar-refractivity contribution < 1.29 is 14.7 Å². The van der Waals surface area contributed by atoms with Crippen LogP contribution in [0.5, 0.6) is 0 Å². The molecule has 0 fully saturated rings. The smallest absolute Gasteiger partial charge is 0.303 e. The number of aryl methyl sites for hydroxylation is 2. The van der Waals surface area contributed by atoms with Crippen LogP contribution in [0.4, 0.5) is 5.69 Å². The molecule has 6 heteroatoms. The highest BCUT2D eigenvalue weighted by atomic mass is 16.4. The zero-order valence-electron chi connectivity index (χ0n) is 15.0. The molecule has 0 atom stereocenters. The van der Waals surface area contributed by atoms with Gasteiger partial charge in [-0.25, -0.2) is 0 Å². The molecule has 0 saturated carbocycles. The first kappa shape index (κ1) is 18.7. The van der Waals surface area contributed by atoms with E-state index in [4.69, 9.17) is 5.11 Å². The number of rotatable bonds is 8. The van der Waals surface area contributed by atoms with Crippen molar-refractivity contribution in [2.75, 3.05) is 5.32 Å². The van der Waals surface area contributed by atoms with Gasteiger partial charge in [0.1, 0.15) is 5.69 Å². The van der Waals surface area contributed by atoms with Crippen LogP contribution in [0.15, 0.2) is 30.3 Å². The van der Waals surface area contributed by atoms with E-state index in [0.29, 0.717) is 17.8 Å². The van der Waals surface area contributed by atoms with Crippen molar-refractivity contribution >= 4 is 17.6 Å². The van der Waals surface area contributed by atoms with E-state index >= 15 is 0 Å². The van der Waals surface area contributed by atoms with Gasteiger partial charge in [-0.3, -0.25) is 14.3 Å². The molecule has 1 heterocycles. The maximum Gasteiger partial charge on any atom is 0.303 e. The third-order valence-electron chi connectivity index (χ3n) is 4.19. The summed E-state index contributed by atoms with van der Waals surface area (Å²) in [6.45, 7) is 6.04. The number of anilines is 1. The molecule has 2 rings (SSSR count). The third kappa shape index (κ3) is 4.92. The Balaban J connectivity index is 2.17. The third-order valence-corrected chi connectivity index (χ3v) is 4.19. The zero-order chi connectivity index (χ0) is 18.4. The van der Waals surface area contributed by atoms with Crippen molar-refractivity contribution in [3.8, 4) is 0 Å². The molecule has 0 aliphatic carbocycles. The average Bonchev–Trinajstić information content (AvgIpc) is 2.96. The first-order valence-electron chi connectivity index (χ1n) is 8.62. The number of nitrogens with zero attached hydrogens (tertiary/aromatic N) is 2. The van der Waals surface area contributed by atoms with Gasteiger partial charge in [0.2, 0.25) is 0 Å². The highest BCUT2D eigenvalue weighted by Gasteiger charge is 2.19. The number of carbonyl (C=O) groups excluding carboxylic acids is 1. The fourth-order valence-electron chi connectivity index (χ4n) is 2.85. The van der Waals surface area contributed by atoms with Crippen LogP contribution in [0.1, 0.15) is 60.9 Å². The van der Waals surface area contributed by atoms with E-state index in [0.717, 1.165) is 24.1 Å². The van der Waals surface area contributed by atoms with Crippen LogP contribution in [0.25, 0.3) is 0 Å². The minimum atomic E-state index is -0.834. The Morgan fingerprint density at radius 2 is 1.96 bits per heavy atom. The lowest BCUT2D eigenvalue weighted by Gasteiger charge is -2.16. The summed E-state index contributed by atoms with van der Waals surface area (Å²) in [7, 11) is 0. The van der Waals surface area contributed by atoms with Crippen LogP contribution in [-0.2, 0) is 11.2 Å². The number of carbonyl (C=O) groups is 2. The Labute approximate surface area is 147 Å². The van der Waals surface area contributed by atoms with E-state index in [1.54, 1.807) is 16.8 Å². The molecule has 2 N–H and O–H groups in total. The number of benzene rings is 1. The number of carboxylic acid groups (broad SMARTS) is 1. The molecule has 0 radical (unpaired) electrons. The molecular weight excluding hydrogens is 318 g/mol. The average molecular weight is 343 g/mol. The summed E-state index contributed by atoms with van der Waals surface area (Å²) >= 11 is 0. The normalized spacial score (nSPS) is 10.9. The molecule has 25 heavy (non-hydrogen) atoms. The summed E-state index contributed by atoms with van der Waals surface area (Å²) in [5.41, 5.74) is 2.89. The van der Waals surface area contributed by atoms with Gasteiger partial charge in [-0.1, -0.05) is 26.0 Å². The summed E-state index contributed by atoms with van der Waals surface area (Å²) in [5.74, 6) is -1.04. The Kier molecular flexibility index (Phi) is 6.33. The van der Waals surface area contributed by atoms with Gasteiger partial charge in [0.15, 0.2) is 0 Å². The van der Waals surface area contributed by atoms with Crippen molar-refractivity contribution in [1.82, 2.24) is 9.78 Å². The Morgan fingerprint density at radius 3 is 2.60 bits per heavy atom. The number of amides is 1. The van der Waals surface area contributed by atoms with Crippen molar-refractivity contribution in [1.29, 1.82) is 0 Å². The zero-order valence-corrected chi connectivity index (χ0v) is 15.0. The van der Waals surface area contributed by atoms with Crippen LogP contribution in [0.2, 0.25) is 0 Å². The lowest BCUT2D eigenvalue weighted by Crippen LogP contribution is -2.20. The second-order valence-corrected chi connectivity index (χ2v) is 6.13. The molecule has 1 amide bonds. The van der Waals surface area contributed by atoms with Crippen LogP contribution >= 0.6 is 0 Å². The summed E-state index contributed by atoms with van der Waals surface area (Å²) in [5, 5.41) is 16.2. The van der Waals surface area contributed by atoms with Crippen molar-refractivity contribution in [2.24, 2.45) is 0 Å². The van der Waals surface area contributed by atoms with Crippen LogP contribution in [0, 0.1) is 6.92 Å². The lowest BCUT2D eigenvalue weighted by molar-refractivity contribution is -0.136. The number of hydrogen-bond donors (Lipinski definition) is 2. The summed E-state index contributed by atoms with van der Waals surface area (Å²) in [6, 6.07) is 9.27. The van der Waals surface area contributed by atoms with Crippen molar-refractivity contribution in [3.63, 3.8) is 0 Å². The van der Waals surface area contributed by atoms with E-state index in [1.165, 1.54) is 0 Å². The van der Waals surface area contributed by atoms with E-state index in [1.807, 2.05) is 25.1 Å². The lowest BCUT2D eigenvalue weighted by atomic mass is 10.1. The topological polar surface area (TPSA) is 84.2 Å². The van der Waals surface area contributed by atoms with Crippen molar-refractivity contribution in [3.05, 3.63) is 47.3 Å². The van der Waals surface area contributed by atoms with Crippen LogP contribution in [0.3, 0.4) is 0 Å². The predicted molar refractivity (Wildman–Crippen MR) is 96.9 cm³/mol. The molecule has 2 aromatic rings. The molecule has 1 aromatic carbocycles. The number of nitrogens with one attached hydrogen (secondary N) is 1. The maximum absolute atomic E-state index is 12.7. The maximum atomic E-state index is 12.7. The number of aliphatic carboxylic acids is 1. The van der Waals surface area contributed by atoms with Gasteiger partial charge in [0, 0.05) is 12.1 Å². The SMILES string of the molecule is CCC(CC)n1nc(C)cc1C(=O)Nc1cccc(CCC(=O)O)c1. The second-order valence-electron chi connectivity index (χ2n) is 6.13. The molecule has 0 aliphatic rings. The predicted octanol–water partition coefficient (Wildman–Crippen LogP) is 3.82. The Morgan fingerprint density at radius 1 is 1.24 bits per heavy atom. The van der Waals surface area contributed by atoms with Gasteiger partial charge in [-0.05, 0) is 49.9 Å². The van der Waals surface area contributed by atoms with Gasteiger partial charge in [-0.15, -0.1) is 0 Å². The molecule has 0 saturated heterocycles. The van der Waals surface area contributed by atoms with E-state index in [-0.39, 0.29) is 18.4 Å². The number of aromatic nitrogens is 2. The van der Waals surface area contributed by atoms with Gasteiger partial charge in [0.05, 0.1) is 11.7 Å². The number of carboxylic acids is 1. The summed E-state index contributed by atoms with van der Waals surface area (Å²) < 4.78 is 1.80. The Hall–Kier alpha value is -2.63. The molecule has 0 unspecified atom stereocenters. The second kappa shape index (κ2) is 8.46. The Bertz CT molecular complexity index is 748. The van der Waals surface area contributed by atoms with Crippen molar-refractivity contribution in [2.45, 2.75) is 52.5 Å². The largest absolute Gasteiger partial charge is 0.481 e. The summed E-state index contributed by atoms with van der Waals surface area (Å²) in [6.07, 6.45) is 2.31. The van der Waals surface area contributed by atoms with Gasteiger partial charge in [0.25, 0.3) is 5.91 Å². The minimum Gasteiger partial charge on any atom is -0.481 e. The molecule has 0 bridgehead atoms. The minimum absolute atomic E-state index is 0.0675. The fraction of sp³-hybridized carbons (Fsp3) is 0.421. The highest BCUT2D eigenvalue weighted by Crippen LogP contribution is 2.20. The van der Waals surface area contributed by atoms with Gasteiger partial charge >= 0.3 is 5.97 Å². The van der Waals surface area contributed by atoms with E-state index < -0.39 is 5.97 Å². The first-order chi connectivity index (χ1) is 11.9. The standard InChI is InChI=1S/C19H25N3O3/c1-4-16(5-2)22-17(11-13(3)21-22)19(25)20-15-8-6-7-14(12-15)9-10-18(23)24/h6-8,11-12,16H,4-5,9-10H2,1-3H3,(H,20,25)(H,23,24). The monoisotopic (exact) mass is 343 g/mol. The fourth-order valence-corrected chi connectivity index (χ4v) is 2.85. The molecule has 0 aliphatic heterocycles. The van der Waals surface area contributed by atoms with Gasteiger partial charge in [-0.2, -0.15) is 5.10 Å². The number of hydrogen-bond acceptors (Lipinski definition) is 3. The molecule has 134 valence electrons. The molecule has 1 aromatic heterocycles. The first-order valence-corrected chi connectivity index (χ1v) is 8.62. The van der Waals surface area contributed by atoms with Crippen LogP contribution < -0.4 is 5.32 Å². The highest BCUT2D eigenvalue weighted by molar-refractivity contribution is 6.03. The van der Waals surface area contributed by atoms with Gasteiger partial charge < -0.3 is 10.4 Å². The molecule has 6 nitrogen and oxygen atoms in total. The van der Waals surface area contributed by atoms with Crippen LogP contribution in [-0.4, -0.2) is 26.8 Å².